The summed E-state index contributed by atoms with van der Waals surface area (Å²) in [5.41, 5.74) is -0.469. The van der Waals surface area contributed by atoms with Crippen LogP contribution in [0.4, 0.5) is 0 Å². The average molecular weight is 262 g/mol. The second kappa shape index (κ2) is 7.30. The Balaban J connectivity index is 2.74. The zero-order valence-corrected chi connectivity index (χ0v) is 12.6. The molecular weight excluding hydrogens is 236 g/mol. The zero-order chi connectivity index (χ0) is 14.3. The van der Waals surface area contributed by atoms with Crippen molar-refractivity contribution < 1.29 is 0 Å². The minimum Gasteiger partial charge on any atom is -0.332 e. The summed E-state index contributed by atoms with van der Waals surface area (Å²) < 4.78 is 2.20. The standard InChI is InChI=1S/C15H26N4/c1-5-7-14-17-9-10-19(14)13(3)11-15(4,12-16)18-8-6-2/h9-10,13,18H,5-8,11H2,1-4H3. The predicted molar refractivity (Wildman–Crippen MR) is 77.9 cm³/mol. The Bertz CT molecular complexity index is 418. The summed E-state index contributed by atoms with van der Waals surface area (Å²) in [5.74, 6) is 1.12. The number of hydrogen-bond donors (Lipinski definition) is 1. The van der Waals surface area contributed by atoms with E-state index in [0.29, 0.717) is 0 Å². The largest absolute Gasteiger partial charge is 0.332 e. The maximum atomic E-state index is 9.39. The van der Waals surface area contributed by atoms with Gasteiger partial charge < -0.3 is 4.57 Å². The lowest BCUT2D eigenvalue weighted by Crippen LogP contribution is -2.43. The van der Waals surface area contributed by atoms with Crippen LogP contribution < -0.4 is 5.32 Å². The van der Waals surface area contributed by atoms with Gasteiger partial charge in [0.15, 0.2) is 0 Å². The van der Waals surface area contributed by atoms with Crippen molar-refractivity contribution in [2.45, 2.75) is 65.0 Å². The Morgan fingerprint density at radius 2 is 2.21 bits per heavy atom. The third-order valence-electron chi connectivity index (χ3n) is 3.41. The topological polar surface area (TPSA) is 53.6 Å². The summed E-state index contributed by atoms with van der Waals surface area (Å²) in [7, 11) is 0. The number of aromatic nitrogens is 2. The van der Waals surface area contributed by atoms with Crippen LogP contribution in [0.2, 0.25) is 0 Å². The van der Waals surface area contributed by atoms with E-state index in [1.54, 1.807) is 0 Å². The molecule has 0 aliphatic carbocycles. The number of nitrogens with zero attached hydrogens (tertiary/aromatic N) is 3. The predicted octanol–water partition coefficient (Wildman–Crippen LogP) is 3.07. The molecule has 0 aliphatic heterocycles. The van der Waals surface area contributed by atoms with Gasteiger partial charge in [0, 0.05) is 24.9 Å². The maximum absolute atomic E-state index is 9.39. The summed E-state index contributed by atoms with van der Waals surface area (Å²) in [6, 6.07) is 2.69. The van der Waals surface area contributed by atoms with E-state index in [2.05, 4.69) is 41.7 Å². The molecule has 0 spiro atoms. The Hall–Kier alpha value is -1.34. The molecular formula is C15H26N4. The minimum atomic E-state index is -0.469. The number of imidazole rings is 1. The van der Waals surface area contributed by atoms with E-state index in [4.69, 9.17) is 0 Å². The van der Waals surface area contributed by atoms with Crippen LogP contribution in [-0.4, -0.2) is 21.6 Å². The second-order valence-electron chi connectivity index (χ2n) is 5.42. The Morgan fingerprint density at radius 3 is 2.79 bits per heavy atom. The number of rotatable bonds is 8. The lowest BCUT2D eigenvalue weighted by atomic mass is 9.95. The summed E-state index contributed by atoms with van der Waals surface area (Å²) in [5, 5.41) is 12.7. The minimum absolute atomic E-state index is 0.276. The smallest absolute Gasteiger partial charge is 0.108 e. The maximum Gasteiger partial charge on any atom is 0.108 e. The van der Waals surface area contributed by atoms with E-state index in [1.807, 2.05) is 19.3 Å². The monoisotopic (exact) mass is 262 g/mol. The van der Waals surface area contributed by atoms with Gasteiger partial charge in [0.05, 0.1) is 6.07 Å². The highest BCUT2D eigenvalue weighted by Gasteiger charge is 2.26. The fraction of sp³-hybridized carbons (Fsp3) is 0.733. The van der Waals surface area contributed by atoms with Gasteiger partial charge in [-0.25, -0.2) is 4.98 Å². The van der Waals surface area contributed by atoms with Crippen molar-refractivity contribution in [1.29, 1.82) is 5.26 Å². The lowest BCUT2D eigenvalue weighted by Gasteiger charge is -2.28. The van der Waals surface area contributed by atoms with Crippen LogP contribution in [0.1, 0.15) is 58.8 Å². The van der Waals surface area contributed by atoms with Gasteiger partial charge in [-0.15, -0.1) is 0 Å². The molecule has 1 aromatic heterocycles. The Kier molecular flexibility index (Phi) is 6.04. The summed E-state index contributed by atoms with van der Waals surface area (Å²) in [6.45, 7) is 9.29. The molecule has 0 amide bonds. The van der Waals surface area contributed by atoms with Crippen LogP contribution in [0.15, 0.2) is 12.4 Å². The highest BCUT2D eigenvalue weighted by Crippen LogP contribution is 2.22. The summed E-state index contributed by atoms with van der Waals surface area (Å²) in [4.78, 5) is 4.40. The number of aryl methyl sites for hydroxylation is 1. The van der Waals surface area contributed by atoms with Crippen molar-refractivity contribution in [3.05, 3.63) is 18.2 Å². The van der Waals surface area contributed by atoms with Crippen molar-refractivity contribution in [2.75, 3.05) is 6.54 Å². The molecule has 4 nitrogen and oxygen atoms in total. The molecule has 0 aromatic carbocycles. The molecule has 1 N–H and O–H groups in total. The lowest BCUT2D eigenvalue weighted by molar-refractivity contribution is 0.343. The summed E-state index contributed by atoms with van der Waals surface area (Å²) in [6.07, 6.45) is 7.78. The molecule has 0 bridgehead atoms. The molecule has 1 heterocycles. The Morgan fingerprint density at radius 1 is 1.47 bits per heavy atom. The fourth-order valence-corrected chi connectivity index (χ4v) is 2.41. The van der Waals surface area contributed by atoms with Crippen LogP contribution in [0, 0.1) is 11.3 Å². The first-order valence-electron chi connectivity index (χ1n) is 7.24. The van der Waals surface area contributed by atoms with Gasteiger partial charge in [0.1, 0.15) is 11.4 Å². The van der Waals surface area contributed by atoms with Crippen molar-refractivity contribution in [1.82, 2.24) is 14.9 Å². The third kappa shape index (κ3) is 4.36. The van der Waals surface area contributed by atoms with E-state index in [1.165, 1.54) is 0 Å². The van der Waals surface area contributed by atoms with Crippen molar-refractivity contribution in [2.24, 2.45) is 0 Å². The molecule has 1 aromatic rings. The first-order valence-corrected chi connectivity index (χ1v) is 7.24. The molecule has 0 fully saturated rings. The molecule has 0 saturated carbocycles. The Labute approximate surface area is 116 Å². The van der Waals surface area contributed by atoms with Crippen LogP contribution in [-0.2, 0) is 6.42 Å². The SMILES string of the molecule is CCCNC(C)(C#N)CC(C)n1ccnc1CCC. The van der Waals surface area contributed by atoms with Gasteiger partial charge in [0.25, 0.3) is 0 Å². The highest BCUT2D eigenvalue weighted by molar-refractivity contribution is 5.06. The zero-order valence-electron chi connectivity index (χ0n) is 12.6. The molecule has 19 heavy (non-hydrogen) atoms. The second-order valence-corrected chi connectivity index (χ2v) is 5.42. The van der Waals surface area contributed by atoms with Crippen molar-refractivity contribution >= 4 is 0 Å². The first kappa shape index (κ1) is 15.7. The molecule has 2 atom stereocenters. The van der Waals surface area contributed by atoms with E-state index < -0.39 is 5.54 Å². The van der Waals surface area contributed by atoms with Crippen molar-refractivity contribution in [3.8, 4) is 6.07 Å². The van der Waals surface area contributed by atoms with Crippen molar-refractivity contribution in [3.63, 3.8) is 0 Å². The van der Waals surface area contributed by atoms with E-state index in [0.717, 1.165) is 38.1 Å². The number of nitriles is 1. The summed E-state index contributed by atoms with van der Waals surface area (Å²) >= 11 is 0. The molecule has 2 unspecified atom stereocenters. The van der Waals surface area contributed by atoms with Crippen LogP contribution in [0.25, 0.3) is 0 Å². The van der Waals surface area contributed by atoms with E-state index in [-0.39, 0.29) is 6.04 Å². The van der Waals surface area contributed by atoms with Gasteiger partial charge in [-0.3, -0.25) is 5.32 Å². The highest BCUT2D eigenvalue weighted by atomic mass is 15.1. The molecule has 0 aliphatic rings. The molecule has 1 rings (SSSR count). The number of nitrogens with one attached hydrogen (secondary N) is 1. The molecule has 106 valence electrons. The van der Waals surface area contributed by atoms with Gasteiger partial charge >= 0.3 is 0 Å². The normalized spacial score (nSPS) is 15.7. The van der Waals surface area contributed by atoms with Gasteiger partial charge in [-0.2, -0.15) is 5.26 Å². The molecule has 4 heteroatoms. The third-order valence-corrected chi connectivity index (χ3v) is 3.41. The number of hydrogen-bond acceptors (Lipinski definition) is 3. The van der Waals surface area contributed by atoms with E-state index >= 15 is 0 Å². The van der Waals surface area contributed by atoms with Crippen LogP contribution >= 0.6 is 0 Å². The average Bonchev–Trinajstić information content (AvgIpc) is 2.85. The van der Waals surface area contributed by atoms with Gasteiger partial charge in [0.2, 0.25) is 0 Å². The van der Waals surface area contributed by atoms with Gasteiger partial charge in [-0.1, -0.05) is 13.8 Å². The molecule has 0 saturated heterocycles. The molecule has 0 radical (unpaired) electrons. The van der Waals surface area contributed by atoms with Gasteiger partial charge in [-0.05, 0) is 39.7 Å². The first-order chi connectivity index (χ1) is 9.06. The van der Waals surface area contributed by atoms with Crippen LogP contribution in [0.3, 0.4) is 0 Å². The van der Waals surface area contributed by atoms with Crippen LogP contribution in [0.5, 0.6) is 0 Å². The quantitative estimate of drug-likeness (QED) is 0.783. The van der Waals surface area contributed by atoms with E-state index in [9.17, 15) is 5.26 Å². The fourth-order valence-electron chi connectivity index (χ4n) is 2.41.